The first-order valence-corrected chi connectivity index (χ1v) is 7.35. The Balaban J connectivity index is 2.30. The summed E-state index contributed by atoms with van der Waals surface area (Å²) in [6, 6.07) is 6.73. The second-order valence-electron chi connectivity index (χ2n) is 5.50. The lowest BCUT2D eigenvalue weighted by Crippen LogP contribution is -2.13. The largest absolute Gasteiger partial charge is 0.313 e. The highest BCUT2D eigenvalue weighted by Crippen LogP contribution is 2.29. The maximum absolute atomic E-state index is 4.52. The van der Waals surface area contributed by atoms with Crippen molar-refractivity contribution in [3.8, 4) is 11.1 Å². The van der Waals surface area contributed by atoms with Crippen LogP contribution in [-0.2, 0) is 13.6 Å². The van der Waals surface area contributed by atoms with Crippen LogP contribution in [0.15, 0.2) is 18.2 Å². The third kappa shape index (κ3) is 2.93. The van der Waals surface area contributed by atoms with Crippen LogP contribution in [0.3, 0.4) is 0 Å². The van der Waals surface area contributed by atoms with Crippen LogP contribution < -0.4 is 5.32 Å². The minimum atomic E-state index is 0.944. The molecule has 0 spiro atoms. The first kappa shape index (κ1) is 14.8. The summed E-state index contributed by atoms with van der Waals surface area (Å²) in [6.07, 6.45) is 1.17. The van der Waals surface area contributed by atoms with Crippen molar-refractivity contribution in [2.24, 2.45) is 7.05 Å². The first-order valence-electron chi connectivity index (χ1n) is 7.35. The molecule has 0 bridgehead atoms. The summed E-state index contributed by atoms with van der Waals surface area (Å²) >= 11 is 0. The summed E-state index contributed by atoms with van der Waals surface area (Å²) in [6.45, 7) is 10.6. The maximum atomic E-state index is 4.52. The van der Waals surface area contributed by atoms with E-state index in [1.165, 1.54) is 34.4 Å². The highest BCUT2D eigenvalue weighted by atomic mass is 15.3. The Morgan fingerprint density at radius 2 is 1.95 bits per heavy atom. The lowest BCUT2D eigenvalue weighted by Gasteiger charge is -2.10. The molecule has 1 aromatic heterocycles. The Labute approximate surface area is 122 Å². The molecule has 108 valence electrons. The fourth-order valence-electron chi connectivity index (χ4n) is 2.69. The van der Waals surface area contributed by atoms with Gasteiger partial charge in [0.15, 0.2) is 0 Å². The molecular formula is C17H25N3. The van der Waals surface area contributed by atoms with Crippen LogP contribution in [-0.4, -0.2) is 16.3 Å². The summed E-state index contributed by atoms with van der Waals surface area (Å²) in [5, 5.41) is 7.96. The van der Waals surface area contributed by atoms with Gasteiger partial charge in [-0.15, -0.1) is 0 Å². The van der Waals surface area contributed by atoms with Crippen molar-refractivity contribution in [2.75, 3.05) is 6.54 Å². The Morgan fingerprint density at radius 1 is 1.20 bits per heavy atom. The van der Waals surface area contributed by atoms with Gasteiger partial charge >= 0.3 is 0 Å². The van der Waals surface area contributed by atoms with Crippen LogP contribution in [0.25, 0.3) is 11.1 Å². The molecule has 0 amide bonds. The number of hydrogen-bond acceptors (Lipinski definition) is 2. The summed E-state index contributed by atoms with van der Waals surface area (Å²) in [7, 11) is 2.00. The molecule has 2 rings (SSSR count). The van der Waals surface area contributed by atoms with Crippen molar-refractivity contribution in [1.82, 2.24) is 15.1 Å². The SMILES string of the molecule is CCCNCc1ccc(-c2c(C)nn(C)c2C)c(C)c1. The van der Waals surface area contributed by atoms with E-state index in [9.17, 15) is 0 Å². The Kier molecular flexibility index (Phi) is 4.61. The standard InChI is InChI=1S/C17H25N3/c1-6-9-18-11-15-7-8-16(12(2)10-15)17-13(3)19-20(5)14(17)4/h7-8,10,18H,6,9,11H2,1-5H3. The van der Waals surface area contributed by atoms with E-state index < -0.39 is 0 Å². The summed E-state index contributed by atoms with van der Waals surface area (Å²) in [5.41, 5.74) is 7.57. The van der Waals surface area contributed by atoms with Crippen molar-refractivity contribution < 1.29 is 0 Å². The highest BCUT2D eigenvalue weighted by molar-refractivity contribution is 5.71. The normalized spacial score (nSPS) is 11.1. The van der Waals surface area contributed by atoms with E-state index in [-0.39, 0.29) is 0 Å². The van der Waals surface area contributed by atoms with Crippen LogP contribution in [0.5, 0.6) is 0 Å². The Hall–Kier alpha value is -1.61. The molecule has 0 aliphatic carbocycles. The average molecular weight is 271 g/mol. The second kappa shape index (κ2) is 6.23. The molecule has 3 nitrogen and oxygen atoms in total. The summed E-state index contributed by atoms with van der Waals surface area (Å²) < 4.78 is 1.96. The van der Waals surface area contributed by atoms with Gasteiger partial charge in [0.1, 0.15) is 0 Å². The molecule has 0 aliphatic rings. The molecule has 1 heterocycles. The topological polar surface area (TPSA) is 29.9 Å². The molecule has 1 N–H and O–H groups in total. The summed E-state index contributed by atoms with van der Waals surface area (Å²) in [5.74, 6) is 0. The van der Waals surface area contributed by atoms with Gasteiger partial charge in [-0.25, -0.2) is 0 Å². The first-order chi connectivity index (χ1) is 9.54. The van der Waals surface area contributed by atoms with Crippen molar-refractivity contribution in [3.05, 3.63) is 40.7 Å². The van der Waals surface area contributed by atoms with Crippen molar-refractivity contribution >= 4 is 0 Å². The number of hydrogen-bond donors (Lipinski definition) is 1. The minimum absolute atomic E-state index is 0.944. The maximum Gasteiger partial charge on any atom is 0.0674 e. The molecule has 1 aromatic carbocycles. The fraction of sp³-hybridized carbons (Fsp3) is 0.471. The van der Waals surface area contributed by atoms with Crippen molar-refractivity contribution in [3.63, 3.8) is 0 Å². The average Bonchev–Trinajstić information content (AvgIpc) is 2.65. The molecule has 0 fully saturated rings. The highest BCUT2D eigenvalue weighted by Gasteiger charge is 2.13. The van der Waals surface area contributed by atoms with Gasteiger partial charge < -0.3 is 5.32 Å². The molecule has 0 saturated carbocycles. The third-order valence-corrected chi connectivity index (χ3v) is 3.83. The quantitative estimate of drug-likeness (QED) is 0.843. The lowest BCUT2D eigenvalue weighted by molar-refractivity contribution is 0.675. The molecule has 0 radical (unpaired) electrons. The van der Waals surface area contributed by atoms with Crippen molar-refractivity contribution in [2.45, 2.75) is 40.7 Å². The van der Waals surface area contributed by atoms with E-state index in [1.54, 1.807) is 0 Å². The van der Waals surface area contributed by atoms with Crippen LogP contribution in [0, 0.1) is 20.8 Å². The van der Waals surface area contributed by atoms with Crippen LogP contribution in [0.4, 0.5) is 0 Å². The number of nitrogens with zero attached hydrogens (tertiary/aromatic N) is 2. The molecule has 0 aliphatic heterocycles. The minimum Gasteiger partial charge on any atom is -0.313 e. The van der Waals surface area contributed by atoms with Gasteiger partial charge in [-0.05, 0) is 50.4 Å². The van der Waals surface area contributed by atoms with E-state index in [0.29, 0.717) is 0 Å². The monoisotopic (exact) mass is 271 g/mol. The predicted molar refractivity (Wildman–Crippen MR) is 84.9 cm³/mol. The smallest absolute Gasteiger partial charge is 0.0674 e. The predicted octanol–water partition coefficient (Wildman–Crippen LogP) is 3.51. The van der Waals surface area contributed by atoms with Crippen LogP contribution >= 0.6 is 0 Å². The Morgan fingerprint density at radius 3 is 2.50 bits per heavy atom. The molecule has 0 saturated heterocycles. The lowest BCUT2D eigenvalue weighted by atomic mass is 9.97. The number of benzene rings is 1. The second-order valence-corrected chi connectivity index (χ2v) is 5.50. The Bertz CT molecular complexity index is 597. The molecule has 20 heavy (non-hydrogen) atoms. The van der Waals surface area contributed by atoms with E-state index in [2.05, 4.69) is 56.3 Å². The number of aromatic nitrogens is 2. The van der Waals surface area contributed by atoms with Gasteiger partial charge in [0.2, 0.25) is 0 Å². The van der Waals surface area contributed by atoms with Gasteiger partial charge in [0.25, 0.3) is 0 Å². The van der Waals surface area contributed by atoms with E-state index in [1.807, 2.05) is 11.7 Å². The van der Waals surface area contributed by atoms with Crippen molar-refractivity contribution in [1.29, 1.82) is 0 Å². The zero-order valence-electron chi connectivity index (χ0n) is 13.2. The molecule has 3 heteroatoms. The van der Waals surface area contributed by atoms with Gasteiger partial charge in [-0.3, -0.25) is 4.68 Å². The molecule has 2 aromatic rings. The number of aryl methyl sites for hydroxylation is 3. The zero-order valence-corrected chi connectivity index (χ0v) is 13.2. The van der Waals surface area contributed by atoms with Gasteiger partial charge in [0.05, 0.1) is 5.69 Å². The molecule has 0 unspecified atom stereocenters. The van der Waals surface area contributed by atoms with E-state index >= 15 is 0 Å². The molecular weight excluding hydrogens is 246 g/mol. The van der Waals surface area contributed by atoms with Gasteiger partial charge in [-0.1, -0.05) is 25.1 Å². The number of rotatable bonds is 5. The molecule has 0 atom stereocenters. The fourth-order valence-corrected chi connectivity index (χ4v) is 2.69. The zero-order chi connectivity index (χ0) is 14.7. The van der Waals surface area contributed by atoms with Gasteiger partial charge in [-0.2, -0.15) is 5.10 Å². The third-order valence-electron chi connectivity index (χ3n) is 3.83. The van der Waals surface area contributed by atoms with Crippen LogP contribution in [0.2, 0.25) is 0 Å². The number of nitrogens with one attached hydrogen (secondary N) is 1. The van der Waals surface area contributed by atoms with Gasteiger partial charge in [0, 0.05) is 24.8 Å². The van der Waals surface area contributed by atoms with E-state index in [0.717, 1.165) is 18.8 Å². The van der Waals surface area contributed by atoms with E-state index in [4.69, 9.17) is 0 Å². The summed E-state index contributed by atoms with van der Waals surface area (Å²) in [4.78, 5) is 0. The van der Waals surface area contributed by atoms with Crippen LogP contribution in [0.1, 0.15) is 35.9 Å².